The summed E-state index contributed by atoms with van der Waals surface area (Å²) in [6.45, 7) is 5.65. The quantitative estimate of drug-likeness (QED) is 0.278. The molecule has 240 valence electrons. The van der Waals surface area contributed by atoms with E-state index in [0.717, 1.165) is 16.7 Å². The molecule has 47 heavy (non-hydrogen) atoms. The number of carbonyl (C=O) groups is 4. The number of imide groups is 1. The number of hydrogen-bond acceptors (Lipinski definition) is 6. The monoisotopic (exact) mass is 629 g/mol. The summed E-state index contributed by atoms with van der Waals surface area (Å²) in [5.41, 5.74) is 1.62. The van der Waals surface area contributed by atoms with Crippen LogP contribution in [-0.4, -0.2) is 52.1 Å². The van der Waals surface area contributed by atoms with Crippen LogP contribution in [0.2, 0.25) is 0 Å². The maximum atomic E-state index is 15.0. The summed E-state index contributed by atoms with van der Waals surface area (Å²) in [5.74, 6) is -2.93. The summed E-state index contributed by atoms with van der Waals surface area (Å²) in [6, 6.07) is 26.3. The van der Waals surface area contributed by atoms with Crippen molar-refractivity contribution in [3.05, 3.63) is 119 Å². The summed E-state index contributed by atoms with van der Waals surface area (Å²) >= 11 is 0. The van der Waals surface area contributed by atoms with Crippen LogP contribution in [0.1, 0.15) is 56.2 Å². The van der Waals surface area contributed by atoms with E-state index in [9.17, 15) is 19.5 Å². The third kappa shape index (κ3) is 4.74. The average Bonchev–Trinajstić information content (AvgIpc) is 3.35. The van der Waals surface area contributed by atoms with Crippen LogP contribution < -0.4 is 4.74 Å². The summed E-state index contributed by atoms with van der Waals surface area (Å²) in [6.07, 6.45) is 4.29. The zero-order valence-corrected chi connectivity index (χ0v) is 26.9. The molecule has 1 heterocycles. The molecule has 7 rings (SSSR count). The molecule has 3 aliphatic carbocycles. The predicted molar refractivity (Wildman–Crippen MR) is 177 cm³/mol. The van der Waals surface area contributed by atoms with Gasteiger partial charge in [-0.05, 0) is 74.4 Å². The van der Waals surface area contributed by atoms with Crippen LogP contribution in [0, 0.1) is 23.7 Å². The molecule has 3 aromatic carbocycles. The van der Waals surface area contributed by atoms with Crippen LogP contribution >= 0.6 is 0 Å². The number of aliphatic hydroxyl groups excluding tert-OH is 1. The van der Waals surface area contributed by atoms with Crippen LogP contribution in [0.25, 0.3) is 5.57 Å². The molecule has 1 saturated heterocycles. The van der Waals surface area contributed by atoms with Gasteiger partial charge in [-0.1, -0.05) is 84.4 Å². The highest BCUT2D eigenvalue weighted by atomic mass is 16.5. The summed E-state index contributed by atoms with van der Waals surface area (Å²) in [7, 11) is 0. The standard InChI is InChI=1S/C40H39NO6/c1-39(2,3)41-37(45)29-19-18-28-31(34(29)38(41)46)22-32-36(44)30(24-10-6-4-7-11-24)23-33(43)40(32,26-12-8-5-9-13-26)35(28)25-14-16-27(17-15-25)47-21-20-42/h4-18,23,29,31-32,34-35,42H,19-22H2,1-3H3. The number of carbonyl (C=O) groups excluding carboxylic acids is 4. The highest BCUT2D eigenvalue weighted by Crippen LogP contribution is 2.63. The molecule has 6 unspecified atom stereocenters. The largest absolute Gasteiger partial charge is 0.491 e. The van der Waals surface area contributed by atoms with Gasteiger partial charge in [0.25, 0.3) is 0 Å². The van der Waals surface area contributed by atoms with E-state index in [4.69, 9.17) is 4.74 Å². The number of ether oxygens (including phenoxy) is 1. The van der Waals surface area contributed by atoms with Gasteiger partial charge < -0.3 is 9.84 Å². The van der Waals surface area contributed by atoms with Gasteiger partial charge in [0.15, 0.2) is 11.6 Å². The number of hydrogen-bond donors (Lipinski definition) is 1. The van der Waals surface area contributed by atoms with Crippen molar-refractivity contribution in [3.63, 3.8) is 0 Å². The first-order valence-electron chi connectivity index (χ1n) is 16.4. The van der Waals surface area contributed by atoms with E-state index in [1.165, 1.54) is 11.0 Å². The fourth-order valence-corrected chi connectivity index (χ4v) is 8.83. The van der Waals surface area contributed by atoms with Crippen LogP contribution in [0.5, 0.6) is 5.75 Å². The number of Topliss-reactive ketones (excluding diaryl/α,β-unsaturated/α-hetero) is 1. The Kier molecular flexibility index (Phi) is 7.63. The first-order valence-corrected chi connectivity index (χ1v) is 16.4. The van der Waals surface area contributed by atoms with E-state index in [1.54, 1.807) is 0 Å². The highest BCUT2D eigenvalue weighted by molar-refractivity contribution is 6.31. The van der Waals surface area contributed by atoms with Crippen LogP contribution in [-0.2, 0) is 24.6 Å². The molecule has 1 aliphatic heterocycles. The second-order valence-corrected chi connectivity index (χ2v) is 14.1. The van der Waals surface area contributed by atoms with Crippen LogP contribution in [0.3, 0.4) is 0 Å². The number of benzene rings is 3. The maximum Gasteiger partial charge on any atom is 0.234 e. The molecule has 0 radical (unpaired) electrons. The zero-order chi connectivity index (χ0) is 33.1. The fraction of sp³-hybridized carbons (Fsp3) is 0.350. The normalized spacial score (nSPS) is 28.7. The predicted octanol–water partition coefficient (Wildman–Crippen LogP) is 5.68. The number of fused-ring (bicyclic) bond motifs is 4. The van der Waals surface area contributed by atoms with Gasteiger partial charge in [0.1, 0.15) is 12.4 Å². The molecule has 1 N–H and O–H groups in total. The third-order valence-corrected chi connectivity index (χ3v) is 10.6. The van der Waals surface area contributed by atoms with Crippen molar-refractivity contribution in [2.24, 2.45) is 23.7 Å². The van der Waals surface area contributed by atoms with Crippen molar-refractivity contribution in [1.29, 1.82) is 0 Å². The molecule has 7 heteroatoms. The van der Waals surface area contributed by atoms with E-state index < -0.39 is 40.5 Å². The first-order chi connectivity index (χ1) is 22.6. The zero-order valence-electron chi connectivity index (χ0n) is 26.9. The second kappa shape index (κ2) is 11.6. The molecule has 4 aliphatic rings. The number of likely N-dealkylation sites (tertiary alicyclic amines) is 1. The first kappa shape index (κ1) is 31.0. The Morgan fingerprint density at radius 3 is 2.15 bits per heavy atom. The SMILES string of the molecule is CC(C)(C)N1C(=O)C2CC=C3C(CC4C(=O)C(c5ccccc5)=CC(=O)C4(c4ccccc4)C3c3ccc(OCCO)cc3)C2C1=O. The van der Waals surface area contributed by atoms with E-state index in [0.29, 0.717) is 23.3 Å². The molecule has 3 aromatic rings. The lowest BCUT2D eigenvalue weighted by molar-refractivity contribution is -0.145. The molecule has 0 bridgehead atoms. The number of nitrogens with zero attached hydrogens (tertiary/aromatic N) is 1. The van der Waals surface area contributed by atoms with Gasteiger partial charge in [-0.25, -0.2) is 0 Å². The van der Waals surface area contributed by atoms with Crippen LogP contribution in [0.4, 0.5) is 0 Å². The topological polar surface area (TPSA) is 101 Å². The number of ketones is 2. The maximum absolute atomic E-state index is 15.0. The number of allylic oxidation sites excluding steroid dienone is 4. The molecule has 1 saturated carbocycles. The Bertz CT molecular complexity index is 1800. The van der Waals surface area contributed by atoms with Gasteiger partial charge in [-0.3, -0.25) is 24.1 Å². The lowest BCUT2D eigenvalue weighted by Crippen LogP contribution is -2.59. The Morgan fingerprint density at radius 1 is 0.851 bits per heavy atom. The second-order valence-electron chi connectivity index (χ2n) is 14.1. The molecule has 0 spiro atoms. The average molecular weight is 630 g/mol. The van der Waals surface area contributed by atoms with Gasteiger partial charge in [0.2, 0.25) is 11.8 Å². The van der Waals surface area contributed by atoms with Gasteiger partial charge in [0.05, 0.1) is 23.9 Å². The summed E-state index contributed by atoms with van der Waals surface area (Å²) in [5, 5.41) is 9.28. The molecule has 7 nitrogen and oxygen atoms in total. The van der Waals surface area contributed by atoms with Crippen molar-refractivity contribution in [1.82, 2.24) is 4.90 Å². The van der Waals surface area contributed by atoms with Gasteiger partial charge in [-0.2, -0.15) is 0 Å². The summed E-state index contributed by atoms with van der Waals surface area (Å²) in [4.78, 5) is 59.4. The lowest BCUT2D eigenvalue weighted by Gasteiger charge is -2.55. The highest BCUT2D eigenvalue weighted by Gasteiger charge is 2.66. The third-order valence-electron chi connectivity index (χ3n) is 10.6. The van der Waals surface area contributed by atoms with E-state index in [1.807, 2.05) is 106 Å². The molecule has 2 fully saturated rings. The van der Waals surface area contributed by atoms with Crippen molar-refractivity contribution in [3.8, 4) is 5.75 Å². The molecular weight excluding hydrogens is 590 g/mol. The van der Waals surface area contributed by atoms with Crippen molar-refractivity contribution in [2.75, 3.05) is 13.2 Å². The Hall–Kier alpha value is -4.62. The molecular formula is C40H39NO6. The summed E-state index contributed by atoms with van der Waals surface area (Å²) < 4.78 is 5.67. The molecule has 2 amide bonds. The van der Waals surface area contributed by atoms with Gasteiger partial charge in [-0.15, -0.1) is 0 Å². The minimum absolute atomic E-state index is 0.120. The Balaban J connectivity index is 1.47. The fourth-order valence-electron chi connectivity index (χ4n) is 8.83. The number of aliphatic hydroxyl groups is 1. The van der Waals surface area contributed by atoms with Crippen molar-refractivity contribution >= 4 is 29.0 Å². The Labute approximate surface area is 274 Å². The van der Waals surface area contributed by atoms with Crippen molar-refractivity contribution < 1.29 is 29.0 Å². The molecule has 0 aromatic heterocycles. The van der Waals surface area contributed by atoms with Crippen molar-refractivity contribution in [2.45, 2.75) is 50.5 Å². The van der Waals surface area contributed by atoms with E-state index >= 15 is 4.79 Å². The molecule has 6 atom stereocenters. The minimum Gasteiger partial charge on any atom is -0.491 e. The lowest BCUT2D eigenvalue weighted by atomic mass is 9.44. The van der Waals surface area contributed by atoms with Gasteiger partial charge >= 0.3 is 0 Å². The Morgan fingerprint density at radius 2 is 1.51 bits per heavy atom. The number of amides is 2. The number of rotatable bonds is 6. The minimum atomic E-state index is -1.27. The van der Waals surface area contributed by atoms with Crippen LogP contribution in [0.15, 0.2) is 103 Å². The van der Waals surface area contributed by atoms with E-state index in [-0.39, 0.29) is 43.0 Å². The van der Waals surface area contributed by atoms with E-state index in [2.05, 4.69) is 6.08 Å². The van der Waals surface area contributed by atoms with Gasteiger partial charge in [0, 0.05) is 22.9 Å². The smallest absolute Gasteiger partial charge is 0.234 e.